The maximum Gasteiger partial charge on any atom is 0.126 e. The molecule has 3 nitrogen and oxygen atoms in total. The maximum atomic E-state index is 5.48. The predicted octanol–water partition coefficient (Wildman–Crippen LogP) is 5.01. The van der Waals surface area contributed by atoms with E-state index < -0.39 is 0 Å². The van der Waals surface area contributed by atoms with Gasteiger partial charge in [-0.15, -0.1) is 0 Å². The predicted molar refractivity (Wildman–Crippen MR) is 98.3 cm³/mol. The maximum absolute atomic E-state index is 5.48. The van der Waals surface area contributed by atoms with Crippen molar-refractivity contribution in [3.63, 3.8) is 0 Å². The van der Waals surface area contributed by atoms with Gasteiger partial charge in [0.15, 0.2) is 0 Å². The Morgan fingerprint density at radius 1 is 1.13 bits per heavy atom. The van der Waals surface area contributed by atoms with Gasteiger partial charge in [-0.1, -0.05) is 39.0 Å². The number of nitrogens with zero attached hydrogens (tertiary/aromatic N) is 2. The number of furan rings is 1. The largest absolute Gasteiger partial charge is 0.465 e. The molecule has 0 aromatic carbocycles. The molecule has 0 radical (unpaired) electrons. The summed E-state index contributed by atoms with van der Waals surface area (Å²) in [6.07, 6.45) is 12.1. The third kappa shape index (κ3) is 5.22. The lowest BCUT2D eigenvalue weighted by Gasteiger charge is -2.50. The Morgan fingerprint density at radius 2 is 1.87 bits per heavy atom. The van der Waals surface area contributed by atoms with E-state index in [0.29, 0.717) is 0 Å². The van der Waals surface area contributed by atoms with Crippen molar-refractivity contribution in [3.05, 3.63) is 29.7 Å². The molecule has 0 atom stereocenters. The van der Waals surface area contributed by atoms with Crippen LogP contribution in [0, 0.1) is 0 Å². The summed E-state index contributed by atoms with van der Waals surface area (Å²) in [5.74, 6) is 0.965. The first-order valence-electron chi connectivity index (χ1n) is 9.23. The molecule has 1 aromatic heterocycles. The molecule has 2 rings (SSSR count). The second-order valence-corrected chi connectivity index (χ2v) is 7.36. The molecule has 3 heteroatoms. The summed E-state index contributed by atoms with van der Waals surface area (Å²) in [6.45, 7) is 10.2. The van der Waals surface area contributed by atoms with Crippen LogP contribution in [-0.4, -0.2) is 42.1 Å². The van der Waals surface area contributed by atoms with Gasteiger partial charge in [-0.05, 0) is 51.1 Å². The van der Waals surface area contributed by atoms with Gasteiger partial charge in [-0.25, -0.2) is 0 Å². The van der Waals surface area contributed by atoms with Gasteiger partial charge < -0.3 is 4.42 Å². The molecule has 2 heterocycles. The van der Waals surface area contributed by atoms with Crippen molar-refractivity contribution in [3.8, 4) is 0 Å². The quantitative estimate of drug-likeness (QED) is 0.628. The highest BCUT2D eigenvalue weighted by Crippen LogP contribution is 2.27. The van der Waals surface area contributed by atoms with Crippen LogP contribution in [0.1, 0.15) is 65.1 Å². The van der Waals surface area contributed by atoms with Crippen LogP contribution in [0.3, 0.4) is 0 Å². The minimum absolute atomic E-state index is 0.129. The molecule has 23 heavy (non-hydrogen) atoms. The minimum Gasteiger partial charge on any atom is -0.465 e. The lowest BCUT2D eigenvalue weighted by Crippen LogP contribution is -2.60. The van der Waals surface area contributed by atoms with Crippen LogP contribution in [0.25, 0.3) is 6.08 Å². The normalized spacial score (nSPS) is 21.1. The third-order valence-electron chi connectivity index (χ3n) is 5.21. The van der Waals surface area contributed by atoms with Gasteiger partial charge in [-0.3, -0.25) is 9.80 Å². The van der Waals surface area contributed by atoms with E-state index in [4.69, 9.17) is 4.42 Å². The zero-order valence-electron chi connectivity index (χ0n) is 15.5. The first-order valence-corrected chi connectivity index (χ1v) is 9.23. The summed E-state index contributed by atoms with van der Waals surface area (Å²) >= 11 is 0. The fourth-order valence-corrected chi connectivity index (χ4v) is 3.33. The van der Waals surface area contributed by atoms with Crippen molar-refractivity contribution in [1.29, 1.82) is 0 Å². The van der Waals surface area contributed by atoms with Crippen LogP contribution >= 0.6 is 0 Å². The van der Waals surface area contributed by atoms with E-state index in [1.807, 2.05) is 12.1 Å². The van der Waals surface area contributed by atoms with Crippen molar-refractivity contribution in [2.24, 2.45) is 0 Å². The molecule has 1 aliphatic heterocycles. The van der Waals surface area contributed by atoms with Crippen LogP contribution in [0.2, 0.25) is 0 Å². The molecule has 1 aliphatic rings. The highest BCUT2D eigenvalue weighted by atomic mass is 16.3. The summed E-state index contributed by atoms with van der Waals surface area (Å²) < 4.78 is 5.48. The molecule has 0 bridgehead atoms. The van der Waals surface area contributed by atoms with Crippen LogP contribution in [0.15, 0.2) is 28.4 Å². The number of unbranched alkanes of at least 4 members (excludes halogenated alkanes) is 5. The second kappa shape index (κ2) is 8.70. The summed E-state index contributed by atoms with van der Waals surface area (Å²) in [4.78, 5) is 5.06. The van der Waals surface area contributed by atoms with E-state index in [1.54, 1.807) is 6.26 Å². The average molecular weight is 319 g/mol. The van der Waals surface area contributed by atoms with Crippen LogP contribution < -0.4 is 0 Å². The zero-order chi connectivity index (χ0) is 16.7. The molecule has 1 saturated heterocycles. The SMILES string of the molecule is CCCCCCCCN1C/C(=C/c2ccco2)CN(C)C1(C)C. The van der Waals surface area contributed by atoms with Crippen molar-refractivity contribution < 1.29 is 4.42 Å². The highest BCUT2D eigenvalue weighted by Gasteiger charge is 2.35. The fraction of sp³-hybridized carbons (Fsp3) is 0.700. The van der Waals surface area contributed by atoms with E-state index >= 15 is 0 Å². The standard InChI is InChI=1S/C20H34N2O/c1-5-6-7-8-9-10-13-22-17-18(15-19-12-11-14-23-19)16-21(4)20(22,2)3/h11-12,14-15H,5-10,13,16-17H2,1-4H3/b18-15+. The third-order valence-corrected chi connectivity index (χ3v) is 5.21. The van der Waals surface area contributed by atoms with Gasteiger partial charge in [0.1, 0.15) is 5.76 Å². The molecule has 1 fully saturated rings. The van der Waals surface area contributed by atoms with Gasteiger partial charge in [0.05, 0.1) is 11.9 Å². The molecule has 0 unspecified atom stereocenters. The lowest BCUT2D eigenvalue weighted by atomic mass is 10.0. The Kier molecular flexibility index (Phi) is 6.91. The van der Waals surface area contributed by atoms with E-state index in [9.17, 15) is 0 Å². The monoisotopic (exact) mass is 318 g/mol. The smallest absolute Gasteiger partial charge is 0.126 e. The van der Waals surface area contributed by atoms with Gasteiger partial charge in [0.25, 0.3) is 0 Å². The Labute approximate surface area is 142 Å². The minimum atomic E-state index is 0.129. The average Bonchev–Trinajstić information content (AvgIpc) is 3.00. The second-order valence-electron chi connectivity index (χ2n) is 7.36. The molecule has 0 N–H and O–H groups in total. The molecule has 0 amide bonds. The van der Waals surface area contributed by atoms with Crippen LogP contribution in [0.5, 0.6) is 0 Å². The summed E-state index contributed by atoms with van der Waals surface area (Å²) in [7, 11) is 2.23. The van der Waals surface area contributed by atoms with Crippen molar-refractivity contribution in [2.75, 3.05) is 26.7 Å². The summed E-state index contributed by atoms with van der Waals surface area (Å²) in [6, 6.07) is 3.99. The fourth-order valence-electron chi connectivity index (χ4n) is 3.33. The Morgan fingerprint density at radius 3 is 2.57 bits per heavy atom. The molecular formula is C20H34N2O. The molecule has 130 valence electrons. The summed E-state index contributed by atoms with van der Waals surface area (Å²) in [5, 5.41) is 0. The van der Waals surface area contributed by atoms with Gasteiger partial charge in [0.2, 0.25) is 0 Å². The molecule has 1 aromatic rings. The van der Waals surface area contributed by atoms with E-state index in [1.165, 1.54) is 50.6 Å². The van der Waals surface area contributed by atoms with E-state index in [-0.39, 0.29) is 5.66 Å². The van der Waals surface area contributed by atoms with Gasteiger partial charge >= 0.3 is 0 Å². The van der Waals surface area contributed by atoms with Crippen molar-refractivity contribution in [1.82, 2.24) is 9.80 Å². The van der Waals surface area contributed by atoms with E-state index in [0.717, 1.165) is 18.8 Å². The van der Waals surface area contributed by atoms with Crippen molar-refractivity contribution >= 4 is 6.08 Å². The lowest BCUT2D eigenvalue weighted by molar-refractivity contribution is -0.0284. The van der Waals surface area contributed by atoms with Crippen LogP contribution in [0.4, 0.5) is 0 Å². The molecule has 0 spiro atoms. The number of hydrogen-bond donors (Lipinski definition) is 0. The van der Waals surface area contributed by atoms with Crippen molar-refractivity contribution in [2.45, 2.75) is 65.0 Å². The molecule has 0 aliphatic carbocycles. The Hall–Kier alpha value is -1.06. The van der Waals surface area contributed by atoms with Gasteiger partial charge in [0, 0.05) is 19.6 Å². The number of hydrogen-bond acceptors (Lipinski definition) is 3. The zero-order valence-corrected chi connectivity index (χ0v) is 15.5. The topological polar surface area (TPSA) is 19.6 Å². The Balaban J connectivity index is 1.89. The Bertz CT molecular complexity index is 476. The van der Waals surface area contributed by atoms with E-state index in [2.05, 4.69) is 43.7 Å². The first kappa shape index (κ1) is 18.3. The molecule has 0 saturated carbocycles. The number of likely N-dealkylation sites (N-methyl/N-ethyl adjacent to an activating group) is 1. The number of rotatable bonds is 8. The van der Waals surface area contributed by atoms with Crippen LogP contribution in [-0.2, 0) is 0 Å². The highest BCUT2D eigenvalue weighted by molar-refractivity contribution is 5.48. The molecular weight excluding hydrogens is 284 g/mol. The summed E-state index contributed by atoms with van der Waals surface area (Å²) in [5.41, 5.74) is 1.57. The first-order chi connectivity index (χ1) is 11.0. The van der Waals surface area contributed by atoms with Gasteiger partial charge in [-0.2, -0.15) is 0 Å².